The van der Waals surface area contributed by atoms with Gasteiger partial charge in [-0.1, -0.05) is 6.07 Å². The molecule has 4 rings (SSSR count). The smallest absolute Gasteiger partial charge is 0.274 e. The third kappa shape index (κ3) is 4.08. The van der Waals surface area contributed by atoms with Crippen molar-refractivity contribution in [3.05, 3.63) is 47.2 Å². The lowest BCUT2D eigenvalue weighted by molar-refractivity contribution is 0.0789. The number of carbonyl (C=O) groups is 1. The Hall–Kier alpha value is -2.59. The first-order valence-corrected chi connectivity index (χ1v) is 12.1. The lowest BCUT2D eigenvalue weighted by Gasteiger charge is -2.18. The van der Waals surface area contributed by atoms with Crippen molar-refractivity contribution in [2.24, 2.45) is 0 Å². The zero-order valence-corrected chi connectivity index (χ0v) is 17.7. The van der Waals surface area contributed by atoms with Crippen molar-refractivity contribution in [2.75, 3.05) is 24.7 Å². The number of nitrogens with one attached hydrogen (secondary N) is 1. The fourth-order valence-electron chi connectivity index (χ4n) is 3.38. The number of pyridine rings is 1. The summed E-state index contributed by atoms with van der Waals surface area (Å²) in [5.41, 5.74) is 1.82. The number of amides is 1. The van der Waals surface area contributed by atoms with E-state index >= 15 is 0 Å². The van der Waals surface area contributed by atoms with Crippen LogP contribution in [0.2, 0.25) is 0 Å². The van der Waals surface area contributed by atoms with Crippen LogP contribution in [0.25, 0.3) is 10.2 Å². The van der Waals surface area contributed by atoms with Crippen LogP contribution in [0.3, 0.4) is 0 Å². The largest absolute Gasteiger partial charge is 0.346 e. The van der Waals surface area contributed by atoms with E-state index in [0.717, 1.165) is 5.69 Å². The number of nitrogens with zero attached hydrogens (tertiary/aromatic N) is 4. The summed E-state index contributed by atoms with van der Waals surface area (Å²) in [6.07, 6.45) is 3.39. The van der Waals surface area contributed by atoms with Crippen LogP contribution in [-0.2, 0) is 9.84 Å². The van der Waals surface area contributed by atoms with Gasteiger partial charge in [-0.15, -0.1) is 11.3 Å². The molecule has 1 N–H and O–H groups in total. The number of hydrogen-bond donors (Lipinski definition) is 1. The van der Waals surface area contributed by atoms with Crippen LogP contribution in [0, 0.1) is 0 Å². The van der Waals surface area contributed by atoms with Crippen molar-refractivity contribution in [1.82, 2.24) is 19.9 Å². The first-order valence-electron chi connectivity index (χ1n) is 9.24. The Morgan fingerprint density at radius 3 is 2.83 bits per heavy atom. The third-order valence-corrected chi connectivity index (χ3v) is 7.53. The fraction of sp³-hybridized carbons (Fsp3) is 0.368. The van der Waals surface area contributed by atoms with E-state index in [9.17, 15) is 13.2 Å². The molecule has 29 heavy (non-hydrogen) atoms. The number of carbonyl (C=O) groups excluding carboxylic acids is 1. The monoisotopic (exact) mass is 431 g/mol. The molecule has 0 bridgehead atoms. The molecule has 3 aromatic rings. The normalized spacial score (nSPS) is 18.1. The van der Waals surface area contributed by atoms with Crippen LogP contribution in [0.5, 0.6) is 0 Å². The van der Waals surface area contributed by atoms with E-state index in [1.54, 1.807) is 11.1 Å². The summed E-state index contributed by atoms with van der Waals surface area (Å²) in [5, 5.41) is 4.56. The van der Waals surface area contributed by atoms with Crippen LogP contribution in [0.1, 0.15) is 35.6 Å². The summed E-state index contributed by atoms with van der Waals surface area (Å²) in [6, 6.07) is 7.36. The second kappa shape index (κ2) is 7.68. The molecule has 1 aliphatic rings. The van der Waals surface area contributed by atoms with E-state index in [4.69, 9.17) is 0 Å². The minimum Gasteiger partial charge on any atom is -0.346 e. The van der Waals surface area contributed by atoms with Gasteiger partial charge in [-0.2, -0.15) is 0 Å². The van der Waals surface area contributed by atoms with E-state index < -0.39 is 15.1 Å². The molecule has 0 saturated carbocycles. The first-order chi connectivity index (χ1) is 13.8. The Balaban J connectivity index is 1.62. The van der Waals surface area contributed by atoms with Gasteiger partial charge in [0.15, 0.2) is 15.5 Å². The summed E-state index contributed by atoms with van der Waals surface area (Å²) in [7, 11) is -3.18. The average molecular weight is 432 g/mol. The Morgan fingerprint density at radius 1 is 1.31 bits per heavy atom. The Morgan fingerprint density at radius 2 is 2.14 bits per heavy atom. The SMILES string of the molecule is CC(Nc1nc(C(=O)N2CC[C@H](S(C)(=O)=O)C2)c2sccc2n1)c1ccccn1. The number of fused-ring (bicyclic) bond motifs is 1. The second-order valence-electron chi connectivity index (χ2n) is 7.14. The molecular formula is C19H21N5O3S2. The van der Waals surface area contributed by atoms with Gasteiger partial charge in [0.25, 0.3) is 5.91 Å². The van der Waals surface area contributed by atoms with Gasteiger partial charge in [-0.3, -0.25) is 9.78 Å². The number of likely N-dealkylation sites (tertiary alicyclic amines) is 1. The second-order valence-corrected chi connectivity index (χ2v) is 10.4. The van der Waals surface area contributed by atoms with Crippen LogP contribution in [-0.4, -0.2) is 58.8 Å². The molecule has 0 radical (unpaired) electrons. The van der Waals surface area contributed by atoms with Gasteiger partial charge in [-0.25, -0.2) is 18.4 Å². The molecule has 8 nitrogen and oxygen atoms in total. The van der Waals surface area contributed by atoms with Crippen molar-refractivity contribution in [1.29, 1.82) is 0 Å². The fourth-order valence-corrected chi connectivity index (χ4v) is 5.18. The zero-order valence-electron chi connectivity index (χ0n) is 16.1. The van der Waals surface area contributed by atoms with Gasteiger partial charge in [-0.05, 0) is 36.9 Å². The zero-order chi connectivity index (χ0) is 20.6. The van der Waals surface area contributed by atoms with Crippen LogP contribution < -0.4 is 5.32 Å². The maximum Gasteiger partial charge on any atom is 0.274 e. The molecule has 0 aliphatic carbocycles. The molecule has 1 saturated heterocycles. The van der Waals surface area contributed by atoms with Crippen LogP contribution in [0.4, 0.5) is 5.95 Å². The summed E-state index contributed by atoms with van der Waals surface area (Å²) < 4.78 is 24.4. The number of aromatic nitrogens is 3. The van der Waals surface area contributed by atoms with Gasteiger partial charge >= 0.3 is 0 Å². The van der Waals surface area contributed by atoms with Crippen molar-refractivity contribution in [2.45, 2.75) is 24.6 Å². The topological polar surface area (TPSA) is 105 Å². The predicted octanol–water partition coefficient (Wildman–Crippen LogP) is 2.52. The molecule has 0 spiro atoms. The minimum atomic E-state index is -3.18. The third-order valence-electron chi connectivity index (χ3n) is 5.02. The molecular weight excluding hydrogens is 410 g/mol. The Kier molecular flexibility index (Phi) is 5.22. The highest BCUT2D eigenvalue weighted by Gasteiger charge is 2.34. The first kappa shape index (κ1) is 19.7. The average Bonchev–Trinajstić information content (AvgIpc) is 3.37. The molecule has 1 amide bonds. The standard InChI is InChI=1S/C19H21N5O3S2/c1-12(14-5-3-4-8-20-14)21-19-22-15-7-10-28-17(15)16(23-19)18(25)24-9-6-13(11-24)29(2,26)27/h3-5,7-8,10,12-13H,6,9,11H2,1-2H3,(H,21,22,23)/t12?,13-/m0/s1. The molecule has 4 heterocycles. The minimum absolute atomic E-state index is 0.142. The molecule has 10 heteroatoms. The van der Waals surface area contributed by atoms with E-state index in [0.29, 0.717) is 34.8 Å². The van der Waals surface area contributed by atoms with Crippen LogP contribution in [0.15, 0.2) is 35.8 Å². The Bertz CT molecular complexity index is 1150. The molecule has 1 unspecified atom stereocenters. The highest BCUT2D eigenvalue weighted by atomic mass is 32.2. The molecule has 152 valence electrons. The molecule has 2 atom stereocenters. The van der Waals surface area contributed by atoms with Crippen LogP contribution >= 0.6 is 11.3 Å². The lowest BCUT2D eigenvalue weighted by atomic mass is 10.2. The number of rotatable bonds is 5. The lowest BCUT2D eigenvalue weighted by Crippen LogP contribution is -2.32. The summed E-state index contributed by atoms with van der Waals surface area (Å²) in [4.78, 5) is 28.1. The number of thiophene rings is 1. The maximum atomic E-state index is 13.1. The predicted molar refractivity (Wildman–Crippen MR) is 113 cm³/mol. The van der Waals surface area contributed by atoms with Gasteiger partial charge in [0.1, 0.15) is 0 Å². The quantitative estimate of drug-likeness (QED) is 0.662. The van der Waals surface area contributed by atoms with Crippen molar-refractivity contribution in [3.8, 4) is 0 Å². The van der Waals surface area contributed by atoms with E-state index in [1.165, 1.54) is 17.6 Å². The molecule has 1 fully saturated rings. The van der Waals surface area contributed by atoms with E-state index in [2.05, 4.69) is 20.3 Å². The van der Waals surface area contributed by atoms with Gasteiger partial charge in [0.05, 0.1) is 27.2 Å². The van der Waals surface area contributed by atoms with Crippen molar-refractivity contribution < 1.29 is 13.2 Å². The highest BCUT2D eigenvalue weighted by molar-refractivity contribution is 7.91. The van der Waals surface area contributed by atoms with Gasteiger partial charge in [0.2, 0.25) is 5.95 Å². The van der Waals surface area contributed by atoms with Gasteiger partial charge < -0.3 is 10.2 Å². The molecule has 3 aromatic heterocycles. The van der Waals surface area contributed by atoms with Gasteiger partial charge in [0, 0.05) is 25.5 Å². The van der Waals surface area contributed by atoms with E-state index in [1.807, 2.05) is 36.6 Å². The summed E-state index contributed by atoms with van der Waals surface area (Å²) >= 11 is 1.40. The summed E-state index contributed by atoms with van der Waals surface area (Å²) in [5.74, 6) is 0.0794. The number of sulfone groups is 1. The van der Waals surface area contributed by atoms with Crippen molar-refractivity contribution >= 4 is 43.2 Å². The highest BCUT2D eigenvalue weighted by Crippen LogP contribution is 2.27. The maximum absolute atomic E-state index is 13.1. The molecule has 0 aromatic carbocycles. The summed E-state index contributed by atoms with van der Waals surface area (Å²) in [6.45, 7) is 2.55. The number of anilines is 1. The molecule has 1 aliphatic heterocycles. The van der Waals surface area contributed by atoms with E-state index in [-0.39, 0.29) is 18.5 Å². The number of hydrogen-bond acceptors (Lipinski definition) is 8. The van der Waals surface area contributed by atoms with Crippen molar-refractivity contribution in [3.63, 3.8) is 0 Å². The Labute approximate surface area is 172 Å².